The monoisotopic (exact) mass is 269 g/mol. The zero-order chi connectivity index (χ0) is 14.3. The fourth-order valence-corrected chi connectivity index (χ4v) is 1.72. The summed E-state index contributed by atoms with van der Waals surface area (Å²) in [5.41, 5.74) is 1.40. The van der Waals surface area contributed by atoms with Gasteiger partial charge >= 0.3 is 0 Å². The fourth-order valence-electron chi connectivity index (χ4n) is 1.72. The van der Waals surface area contributed by atoms with Gasteiger partial charge in [-0.3, -0.25) is 4.79 Å². The SMILES string of the molecule is Cc1cc(C(=O)NCCCOCCO)cc(C)c1F. The molecule has 1 rings (SSSR count). The van der Waals surface area contributed by atoms with E-state index in [4.69, 9.17) is 9.84 Å². The molecule has 0 fully saturated rings. The van der Waals surface area contributed by atoms with Gasteiger partial charge < -0.3 is 15.2 Å². The summed E-state index contributed by atoms with van der Waals surface area (Å²) in [6, 6.07) is 3.08. The van der Waals surface area contributed by atoms with E-state index in [0.717, 1.165) is 0 Å². The van der Waals surface area contributed by atoms with Crippen LogP contribution in [0.15, 0.2) is 12.1 Å². The number of aryl methyl sites for hydroxylation is 2. The van der Waals surface area contributed by atoms with Gasteiger partial charge in [0.15, 0.2) is 0 Å². The third kappa shape index (κ3) is 4.96. The molecule has 1 aromatic carbocycles. The van der Waals surface area contributed by atoms with Crippen molar-refractivity contribution < 1.29 is 19.0 Å². The first kappa shape index (κ1) is 15.6. The second-order valence-electron chi connectivity index (χ2n) is 4.37. The Bertz CT molecular complexity index is 412. The molecule has 2 N–H and O–H groups in total. The minimum atomic E-state index is -0.269. The number of carbonyl (C=O) groups excluding carboxylic acids is 1. The predicted octanol–water partition coefficient (Wildman–Crippen LogP) is 1.57. The molecule has 19 heavy (non-hydrogen) atoms. The molecule has 0 heterocycles. The van der Waals surface area contributed by atoms with Crippen LogP contribution >= 0.6 is 0 Å². The number of halogens is 1. The van der Waals surface area contributed by atoms with Crippen LogP contribution in [0, 0.1) is 19.7 Å². The molecule has 4 nitrogen and oxygen atoms in total. The zero-order valence-corrected chi connectivity index (χ0v) is 11.3. The maximum absolute atomic E-state index is 13.4. The van der Waals surface area contributed by atoms with Crippen molar-refractivity contribution >= 4 is 5.91 Å². The van der Waals surface area contributed by atoms with Crippen LogP contribution in [0.1, 0.15) is 27.9 Å². The Labute approximate surface area is 112 Å². The first-order chi connectivity index (χ1) is 9.06. The number of hydrogen-bond donors (Lipinski definition) is 2. The minimum absolute atomic E-state index is 0.000488. The molecule has 5 heteroatoms. The van der Waals surface area contributed by atoms with Crippen LogP contribution < -0.4 is 5.32 Å². The Morgan fingerprint density at radius 1 is 1.32 bits per heavy atom. The summed E-state index contributed by atoms with van der Waals surface area (Å²) < 4.78 is 18.5. The number of aliphatic hydroxyl groups excluding tert-OH is 1. The second-order valence-corrected chi connectivity index (χ2v) is 4.37. The van der Waals surface area contributed by atoms with Gasteiger partial charge in [-0.2, -0.15) is 0 Å². The minimum Gasteiger partial charge on any atom is -0.394 e. The smallest absolute Gasteiger partial charge is 0.251 e. The molecule has 0 radical (unpaired) electrons. The summed E-state index contributed by atoms with van der Waals surface area (Å²) in [6.45, 7) is 4.57. The van der Waals surface area contributed by atoms with E-state index in [-0.39, 0.29) is 18.3 Å². The molecule has 1 amide bonds. The van der Waals surface area contributed by atoms with Crippen molar-refractivity contribution in [3.8, 4) is 0 Å². The summed E-state index contributed by atoms with van der Waals surface area (Å²) >= 11 is 0. The van der Waals surface area contributed by atoms with Gasteiger partial charge in [0.05, 0.1) is 13.2 Å². The summed E-state index contributed by atoms with van der Waals surface area (Å²) in [5.74, 6) is -0.484. The zero-order valence-electron chi connectivity index (χ0n) is 11.3. The number of benzene rings is 1. The molecular formula is C14H20FNO3. The number of aliphatic hydroxyl groups is 1. The number of amides is 1. The van der Waals surface area contributed by atoms with E-state index < -0.39 is 0 Å². The maximum atomic E-state index is 13.4. The van der Waals surface area contributed by atoms with Crippen molar-refractivity contribution in [2.75, 3.05) is 26.4 Å². The van der Waals surface area contributed by atoms with Crippen LogP contribution in [0.25, 0.3) is 0 Å². The summed E-state index contributed by atoms with van der Waals surface area (Å²) in [4.78, 5) is 11.8. The molecule has 0 saturated heterocycles. The fraction of sp³-hybridized carbons (Fsp3) is 0.500. The van der Waals surface area contributed by atoms with Crippen molar-refractivity contribution in [1.82, 2.24) is 5.32 Å². The predicted molar refractivity (Wildman–Crippen MR) is 70.7 cm³/mol. The van der Waals surface area contributed by atoms with E-state index >= 15 is 0 Å². The van der Waals surface area contributed by atoms with E-state index in [1.807, 2.05) is 0 Å². The summed E-state index contributed by atoms with van der Waals surface area (Å²) in [5, 5.41) is 11.3. The highest BCUT2D eigenvalue weighted by molar-refractivity contribution is 5.94. The standard InChI is InChI=1S/C14H20FNO3/c1-10-8-12(9-11(2)13(10)15)14(18)16-4-3-6-19-7-5-17/h8-9,17H,3-7H2,1-2H3,(H,16,18). The number of hydrogen-bond acceptors (Lipinski definition) is 3. The quantitative estimate of drug-likeness (QED) is 0.739. The molecule has 0 unspecified atom stereocenters. The lowest BCUT2D eigenvalue weighted by atomic mass is 10.1. The Hall–Kier alpha value is -1.46. The van der Waals surface area contributed by atoms with E-state index in [1.165, 1.54) is 0 Å². The van der Waals surface area contributed by atoms with Gasteiger partial charge in [0, 0.05) is 18.7 Å². The van der Waals surface area contributed by atoms with E-state index in [2.05, 4.69) is 5.32 Å². The van der Waals surface area contributed by atoms with Gasteiger partial charge in [-0.05, 0) is 43.5 Å². The highest BCUT2D eigenvalue weighted by Crippen LogP contribution is 2.14. The molecule has 0 aliphatic heterocycles. The topological polar surface area (TPSA) is 58.6 Å². The number of rotatable bonds is 7. The Balaban J connectivity index is 2.42. The van der Waals surface area contributed by atoms with Gasteiger partial charge in [0.1, 0.15) is 5.82 Å². The van der Waals surface area contributed by atoms with Gasteiger partial charge in [-0.1, -0.05) is 0 Å². The lowest BCUT2D eigenvalue weighted by Crippen LogP contribution is -2.25. The van der Waals surface area contributed by atoms with Crippen molar-refractivity contribution in [1.29, 1.82) is 0 Å². The largest absolute Gasteiger partial charge is 0.394 e. The van der Waals surface area contributed by atoms with Crippen LogP contribution in [-0.2, 0) is 4.74 Å². The molecule has 1 aromatic rings. The summed E-state index contributed by atoms with van der Waals surface area (Å²) in [6.07, 6.45) is 0.672. The molecule has 0 bridgehead atoms. The molecule has 0 aromatic heterocycles. The van der Waals surface area contributed by atoms with Crippen LogP contribution in [0.2, 0.25) is 0 Å². The van der Waals surface area contributed by atoms with Crippen molar-refractivity contribution in [2.45, 2.75) is 20.3 Å². The van der Waals surface area contributed by atoms with Crippen molar-refractivity contribution in [3.63, 3.8) is 0 Å². The number of nitrogens with one attached hydrogen (secondary N) is 1. The lowest BCUT2D eigenvalue weighted by molar-refractivity contribution is 0.0867. The molecule has 0 saturated carbocycles. The normalized spacial score (nSPS) is 10.5. The molecule has 106 valence electrons. The van der Waals surface area contributed by atoms with E-state index in [0.29, 0.717) is 42.9 Å². The van der Waals surface area contributed by atoms with E-state index in [9.17, 15) is 9.18 Å². The molecule has 0 aliphatic carbocycles. The lowest BCUT2D eigenvalue weighted by Gasteiger charge is -2.08. The average molecular weight is 269 g/mol. The number of carbonyl (C=O) groups is 1. The highest BCUT2D eigenvalue weighted by atomic mass is 19.1. The van der Waals surface area contributed by atoms with Gasteiger partial charge in [-0.15, -0.1) is 0 Å². The molecular weight excluding hydrogens is 249 g/mol. The van der Waals surface area contributed by atoms with Gasteiger partial charge in [0.25, 0.3) is 5.91 Å². The van der Waals surface area contributed by atoms with Crippen LogP contribution in [0.5, 0.6) is 0 Å². The first-order valence-electron chi connectivity index (χ1n) is 6.29. The Kier molecular flexibility index (Phi) is 6.45. The highest BCUT2D eigenvalue weighted by Gasteiger charge is 2.09. The van der Waals surface area contributed by atoms with Crippen LogP contribution in [0.4, 0.5) is 4.39 Å². The average Bonchev–Trinajstić information content (AvgIpc) is 2.39. The Morgan fingerprint density at radius 2 is 1.95 bits per heavy atom. The third-order valence-electron chi connectivity index (χ3n) is 2.69. The van der Waals surface area contributed by atoms with E-state index in [1.54, 1.807) is 26.0 Å². The number of ether oxygens (including phenoxy) is 1. The Morgan fingerprint density at radius 3 is 2.53 bits per heavy atom. The van der Waals surface area contributed by atoms with Gasteiger partial charge in [0.2, 0.25) is 0 Å². The first-order valence-corrected chi connectivity index (χ1v) is 6.29. The molecule has 0 atom stereocenters. The van der Waals surface area contributed by atoms with Crippen molar-refractivity contribution in [3.05, 3.63) is 34.6 Å². The van der Waals surface area contributed by atoms with Gasteiger partial charge in [-0.25, -0.2) is 4.39 Å². The van der Waals surface area contributed by atoms with Crippen molar-refractivity contribution in [2.24, 2.45) is 0 Å². The third-order valence-corrected chi connectivity index (χ3v) is 2.69. The molecule has 0 aliphatic rings. The summed E-state index contributed by atoms with van der Waals surface area (Å²) in [7, 11) is 0. The molecule has 0 spiro atoms. The van der Waals surface area contributed by atoms with Crippen LogP contribution in [0.3, 0.4) is 0 Å². The second kappa shape index (κ2) is 7.86. The van der Waals surface area contributed by atoms with Crippen LogP contribution in [-0.4, -0.2) is 37.4 Å². The maximum Gasteiger partial charge on any atom is 0.251 e.